The van der Waals surface area contributed by atoms with Crippen molar-refractivity contribution in [3.8, 4) is 0 Å². The molecule has 0 saturated heterocycles. The van der Waals surface area contributed by atoms with Gasteiger partial charge in [0.25, 0.3) is 0 Å². The fourth-order valence-corrected chi connectivity index (χ4v) is 10.4. The van der Waals surface area contributed by atoms with Gasteiger partial charge in [-0.15, -0.1) is 0 Å². The first-order valence-corrected chi connectivity index (χ1v) is 35.4. The van der Waals surface area contributed by atoms with E-state index in [-0.39, 0.29) is 31.1 Å². The number of rotatable bonds is 65. The lowest BCUT2D eigenvalue weighted by atomic mass is 10.0. The molecule has 0 aromatic heterocycles. The number of unbranched alkanes of at least 4 members (excludes halogenated alkanes) is 42. The third kappa shape index (κ3) is 67.5. The van der Waals surface area contributed by atoms with E-state index in [0.717, 1.165) is 109 Å². The van der Waals surface area contributed by atoms with Crippen LogP contribution >= 0.6 is 0 Å². The molecule has 470 valence electrons. The van der Waals surface area contributed by atoms with E-state index >= 15 is 0 Å². The van der Waals surface area contributed by atoms with E-state index in [2.05, 4.69) is 93.7 Å². The Balaban J connectivity index is 4.21. The predicted octanol–water partition coefficient (Wildman–Crippen LogP) is 24.4. The van der Waals surface area contributed by atoms with Gasteiger partial charge in [0.05, 0.1) is 0 Å². The summed E-state index contributed by atoms with van der Waals surface area (Å²) < 4.78 is 17.0. The molecule has 0 spiro atoms. The number of carbonyl (C=O) groups excluding carboxylic acids is 3. The highest BCUT2D eigenvalue weighted by atomic mass is 16.6. The molecule has 1 atom stereocenters. The van der Waals surface area contributed by atoms with Crippen molar-refractivity contribution in [3.05, 3.63) is 72.9 Å². The van der Waals surface area contributed by atoms with E-state index in [9.17, 15) is 14.4 Å². The van der Waals surface area contributed by atoms with Crippen LogP contribution in [-0.4, -0.2) is 37.2 Å². The minimum atomic E-state index is -0.779. The second kappa shape index (κ2) is 69.3. The molecule has 0 aliphatic carbocycles. The fourth-order valence-electron chi connectivity index (χ4n) is 10.4. The van der Waals surface area contributed by atoms with E-state index in [4.69, 9.17) is 14.2 Å². The molecule has 6 nitrogen and oxygen atoms in total. The summed E-state index contributed by atoms with van der Waals surface area (Å²) in [5.41, 5.74) is 0. The lowest BCUT2D eigenvalue weighted by Crippen LogP contribution is -2.30. The van der Waals surface area contributed by atoms with Crippen LogP contribution in [0.1, 0.15) is 367 Å². The number of ether oxygens (including phenoxy) is 3. The smallest absolute Gasteiger partial charge is 0.306 e. The van der Waals surface area contributed by atoms with Gasteiger partial charge >= 0.3 is 17.9 Å². The molecule has 81 heavy (non-hydrogen) atoms. The van der Waals surface area contributed by atoms with Crippen LogP contribution in [-0.2, 0) is 28.6 Å². The van der Waals surface area contributed by atoms with Crippen LogP contribution in [0.15, 0.2) is 72.9 Å². The highest BCUT2D eigenvalue weighted by Gasteiger charge is 2.19. The van der Waals surface area contributed by atoms with Gasteiger partial charge in [-0.05, 0) is 83.5 Å². The maximum Gasteiger partial charge on any atom is 0.306 e. The first kappa shape index (κ1) is 77.9. The molecule has 0 rings (SSSR count). The van der Waals surface area contributed by atoms with Crippen molar-refractivity contribution in [2.24, 2.45) is 0 Å². The van der Waals surface area contributed by atoms with Crippen molar-refractivity contribution in [1.29, 1.82) is 0 Å². The Kier molecular flexibility index (Phi) is 66.6. The Morgan fingerprint density at radius 3 is 0.802 bits per heavy atom. The van der Waals surface area contributed by atoms with Gasteiger partial charge < -0.3 is 14.2 Å². The number of carbonyl (C=O) groups is 3. The van der Waals surface area contributed by atoms with E-state index in [1.54, 1.807) is 0 Å². The summed E-state index contributed by atoms with van der Waals surface area (Å²) in [7, 11) is 0. The van der Waals surface area contributed by atoms with Crippen LogP contribution < -0.4 is 0 Å². The van der Waals surface area contributed by atoms with Gasteiger partial charge in [0.1, 0.15) is 13.2 Å². The molecular formula is C75H134O6. The van der Waals surface area contributed by atoms with Crippen molar-refractivity contribution < 1.29 is 28.6 Å². The first-order chi connectivity index (χ1) is 40.0. The number of esters is 3. The third-order valence-electron chi connectivity index (χ3n) is 15.7. The number of hydrogen-bond acceptors (Lipinski definition) is 6. The monoisotopic (exact) mass is 1130 g/mol. The van der Waals surface area contributed by atoms with E-state index in [1.807, 2.05) is 0 Å². The maximum atomic E-state index is 12.9. The fraction of sp³-hybridized carbons (Fsp3) is 0.800. The number of hydrogen-bond donors (Lipinski definition) is 0. The molecule has 0 aromatic carbocycles. The van der Waals surface area contributed by atoms with E-state index < -0.39 is 6.10 Å². The van der Waals surface area contributed by atoms with Crippen LogP contribution in [0, 0.1) is 0 Å². The molecule has 6 heteroatoms. The standard InChI is InChI=1S/C75H134O6/c1-4-7-10-13-16-19-22-25-27-29-31-33-34-35-36-37-38-39-40-42-43-45-47-50-53-56-59-62-65-68-74(77)80-71-72(70-79-73(76)67-64-61-58-55-52-49-24-21-18-15-12-9-6-3)81-75(78)69-66-63-60-57-54-51-48-46-44-41-32-30-28-26-23-20-17-14-11-8-5-2/h7,10,12,15-16,19,21,24-25,27,31,33,72H,4-6,8-9,11,13-14,17-18,20,22-23,26,28-30,32,34-71H2,1-3H3/b10-7-,15-12-,19-16-,24-21-,27-25-,33-31-. The van der Waals surface area contributed by atoms with Crippen molar-refractivity contribution in [1.82, 2.24) is 0 Å². The molecule has 0 N–H and O–H groups in total. The van der Waals surface area contributed by atoms with Gasteiger partial charge in [-0.3, -0.25) is 14.4 Å². The SMILES string of the molecule is CC/C=C\C/C=C\C/C=C\C/C=C\CCCCCCCCCCCCCCCCCCC(=O)OCC(COC(=O)CCCCCCC/C=C\C/C=C\CCC)OC(=O)CCCCCCCCCCCCCCCCCCCCCCC. The summed E-state index contributed by atoms with van der Waals surface area (Å²) in [6.07, 6.45) is 90.8. The molecule has 0 aliphatic heterocycles. The zero-order valence-electron chi connectivity index (χ0n) is 54.1. The maximum absolute atomic E-state index is 12.9. The normalized spacial score (nSPS) is 12.5. The Labute approximate surface area is 503 Å². The van der Waals surface area contributed by atoms with Gasteiger partial charge in [0.15, 0.2) is 6.10 Å². The lowest BCUT2D eigenvalue weighted by molar-refractivity contribution is -0.167. The van der Waals surface area contributed by atoms with Crippen LogP contribution in [0.4, 0.5) is 0 Å². The summed E-state index contributed by atoms with van der Waals surface area (Å²) in [5, 5.41) is 0. The lowest BCUT2D eigenvalue weighted by Gasteiger charge is -2.18. The Morgan fingerprint density at radius 2 is 0.506 bits per heavy atom. The minimum absolute atomic E-state index is 0.0750. The minimum Gasteiger partial charge on any atom is -0.462 e. The molecule has 0 heterocycles. The Hall–Kier alpha value is -3.15. The molecule has 0 amide bonds. The summed E-state index contributed by atoms with van der Waals surface area (Å²) >= 11 is 0. The summed E-state index contributed by atoms with van der Waals surface area (Å²) in [4.78, 5) is 38.4. The Bertz CT molecular complexity index is 1490. The molecule has 0 fully saturated rings. The van der Waals surface area contributed by atoms with Crippen molar-refractivity contribution in [3.63, 3.8) is 0 Å². The largest absolute Gasteiger partial charge is 0.462 e. The topological polar surface area (TPSA) is 78.9 Å². The van der Waals surface area contributed by atoms with Crippen molar-refractivity contribution >= 4 is 17.9 Å². The molecule has 0 aliphatic rings. The molecular weight excluding hydrogens is 997 g/mol. The van der Waals surface area contributed by atoms with Gasteiger partial charge in [0.2, 0.25) is 0 Å². The summed E-state index contributed by atoms with van der Waals surface area (Å²) in [5.74, 6) is -0.866. The van der Waals surface area contributed by atoms with Crippen LogP contribution in [0.2, 0.25) is 0 Å². The van der Waals surface area contributed by atoms with Crippen LogP contribution in [0.5, 0.6) is 0 Å². The third-order valence-corrected chi connectivity index (χ3v) is 15.7. The zero-order chi connectivity index (χ0) is 58.5. The van der Waals surface area contributed by atoms with Crippen molar-refractivity contribution in [2.75, 3.05) is 13.2 Å². The van der Waals surface area contributed by atoms with Gasteiger partial charge in [-0.25, -0.2) is 0 Å². The van der Waals surface area contributed by atoms with Gasteiger partial charge in [0, 0.05) is 19.3 Å². The second-order valence-electron chi connectivity index (χ2n) is 23.8. The highest BCUT2D eigenvalue weighted by molar-refractivity contribution is 5.71. The van der Waals surface area contributed by atoms with Gasteiger partial charge in [-0.2, -0.15) is 0 Å². The van der Waals surface area contributed by atoms with Gasteiger partial charge in [-0.1, -0.05) is 338 Å². The highest BCUT2D eigenvalue weighted by Crippen LogP contribution is 2.18. The molecule has 0 bridgehead atoms. The van der Waals surface area contributed by atoms with Crippen LogP contribution in [0.3, 0.4) is 0 Å². The summed E-state index contributed by atoms with van der Waals surface area (Å²) in [6, 6.07) is 0. The van der Waals surface area contributed by atoms with E-state index in [1.165, 1.54) is 218 Å². The molecule has 0 saturated carbocycles. The van der Waals surface area contributed by atoms with Crippen LogP contribution in [0.25, 0.3) is 0 Å². The predicted molar refractivity (Wildman–Crippen MR) is 353 cm³/mol. The van der Waals surface area contributed by atoms with Crippen molar-refractivity contribution in [2.45, 2.75) is 374 Å². The number of allylic oxidation sites excluding steroid dienone is 12. The van der Waals surface area contributed by atoms with E-state index in [0.29, 0.717) is 19.3 Å². The zero-order valence-corrected chi connectivity index (χ0v) is 54.1. The molecule has 1 unspecified atom stereocenters. The first-order valence-electron chi connectivity index (χ1n) is 35.4. The molecule has 0 radical (unpaired) electrons. The second-order valence-corrected chi connectivity index (χ2v) is 23.8. The quantitative estimate of drug-likeness (QED) is 0.0261. The summed E-state index contributed by atoms with van der Waals surface area (Å²) in [6.45, 7) is 6.51. The Morgan fingerprint density at radius 1 is 0.259 bits per heavy atom. The molecule has 0 aromatic rings. The average molecular weight is 1130 g/mol. The average Bonchev–Trinajstić information content (AvgIpc) is 3.46.